The molecule has 1 aliphatic heterocycles. The molecule has 1 unspecified atom stereocenters. The van der Waals surface area contributed by atoms with E-state index >= 15 is 0 Å². The van der Waals surface area contributed by atoms with E-state index in [2.05, 4.69) is 17.4 Å². The average molecular weight is 573 g/mol. The van der Waals surface area contributed by atoms with E-state index in [4.69, 9.17) is 37.7 Å². The van der Waals surface area contributed by atoms with E-state index < -0.39 is 12.0 Å². The molecule has 3 aromatic rings. The van der Waals surface area contributed by atoms with Crippen molar-refractivity contribution in [3.8, 4) is 0 Å². The average Bonchev–Trinajstić information content (AvgIpc) is 3.46. The molecule has 0 radical (unpaired) electrons. The maximum absolute atomic E-state index is 13.6. The molecule has 200 valence electrons. The monoisotopic (exact) mass is 571 g/mol. The molecule has 0 aliphatic carbocycles. The Balaban J connectivity index is 1.61. The van der Waals surface area contributed by atoms with Gasteiger partial charge in [0.25, 0.3) is 0 Å². The third-order valence-electron chi connectivity index (χ3n) is 5.97. The summed E-state index contributed by atoms with van der Waals surface area (Å²) in [6.07, 6.45) is 1.54. The molecule has 0 saturated heterocycles. The molecule has 4 rings (SSSR count). The highest BCUT2D eigenvalue weighted by Gasteiger charge is 2.33. The van der Waals surface area contributed by atoms with Crippen molar-refractivity contribution in [3.05, 3.63) is 103 Å². The highest BCUT2D eigenvalue weighted by Crippen LogP contribution is 2.36. The number of carbonyl (C=O) groups excluding carboxylic acids is 1. The minimum absolute atomic E-state index is 0.213. The number of nitrogens with one attached hydrogen (secondary N) is 1. The largest absolute Gasteiger partial charge is 0.462 e. The van der Waals surface area contributed by atoms with Crippen molar-refractivity contribution in [1.82, 2.24) is 10.2 Å². The molecule has 38 heavy (non-hydrogen) atoms. The third kappa shape index (κ3) is 7.68. The summed E-state index contributed by atoms with van der Waals surface area (Å²) in [5.74, 6) is 0.240. The fraction of sp³-hybridized carbons (Fsp3) is 0.310. The first-order valence-corrected chi connectivity index (χ1v) is 14.1. The maximum Gasteiger partial charge on any atom is 0.338 e. The number of esters is 1. The fourth-order valence-corrected chi connectivity index (χ4v) is 4.98. The zero-order chi connectivity index (χ0) is 26.9. The second-order valence-corrected chi connectivity index (χ2v) is 10.9. The van der Waals surface area contributed by atoms with Crippen LogP contribution in [0.2, 0.25) is 10.0 Å². The molecule has 1 aliphatic rings. The number of halogens is 2. The molecule has 9 heteroatoms. The Labute approximate surface area is 237 Å². The highest BCUT2D eigenvalue weighted by atomic mass is 35.5. The first-order chi connectivity index (χ1) is 18.4. The van der Waals surface area contributed by atoms with Crippen molar-refractivity contribution < 1.29 is 14.3 Å². The van der Waals surface area contributed by atoms with Gasteiger partial charge in [0.05, 0.1) is 46.0 Å². The van der Waals surface area contributed by atoms with Crippen LogP contribution in [0.25, 0.3) is 0 Å². The number of hydrogen-bond donors (Lipinski definition) is 1. The SMILES string of the molecule is CN(C)CCOCC1=C(C(=O)OCCCc2ccccc2)C(c2ccc(Cl)c(Cl)c2)N=C(c2cccs2)N1. The van der Waals surface area contributed by atoms with E-state index in [9.17, 15) is 4.79 Å². The summed E-state index contributed by atoms with van der Waals surface area (Å²) >= 11 is 14.1. The first-order valence-electron chi connectivity index (χ1n) is 12.4. The van der Waals surface area contributed by atoms with Crippen molar-refractivity contribution in [2.24, 2.45) is 4.99 Å². The summed E-state index contributed by atoms with van der Waals surface area (Å²) in [6.45, 7) is 1.78. The number of carbonyl (C=O) groups is 1. The molecule has 0 saturated carbocycles. The molecule has 0 fully saturated rings. The summed E-state index contributed by atoms with van der Waals surface area (Å²) in [5, 5.41) is 6.18. The number of thiophene rings is 1. The minimum atomic E-state index is -0.628. The zero-order valence-electron chi connectivity index (χ0n) is 21.5. The number of likely N-dealkylation sites (N-methyl/N-ethyl adjacent to an activating group) is 1. The molecule has 1 atom stereocenters. The molecule has 0 bridgehead atoms. The van der Waals surface area contributed by atoms with Crippen LogP contribution in [-0.4, -0.2) is 57.2 Å². The van der Waals surface area contributed by atoms with Crippen molar-refractivity contribution in [1.29, 1.82) is 0 Å². The van der Waals surface area contributed by atoms with Gasteiger partial charge in [-0.05, 0) is 61.6 Å². The van der Waals surface area contributed by atoms with Crippen LogP contribution in [0.5, 0.6) is 0 Å². The Bertz CT molecular complexity index is 1280. The van der Waals surface area contributed by atoms with Crippen LogP contribution in [0.3, 0.4) is 0 Å². The first kappa shape index (κ1) is 28.3. The predicted molar refractivity (Wildman–Crippen MR) is 155 cm³/mol. The Morgan fingerprint density at radius 3 is 2.58 bits per heavy atom. The van der Waals surface area contributed by atoms with Gasteiger partial charge in [-0.1, -0.05) is 65.7 Å². The summed E-state index contributed by atoms with van der Waals surface area (Å²) in [5.41, 5.74) is 2.99. The number of nitrogens with zero attached hydrogens (tertiary/aromatic N) is 2. The summed E-state index contributed by atoms with van der Waals surface area (Å²) in [6, 6.07) is 18.8. The van der Waals surface area contributed by atoms with E-state index in [0.29, 0.717) is 46.8 Å². The standard InChI is InChI=1S/C29H31Cl2N3O3S/c1-34(2)14-16-36-19-24-26(29(35)37-15-6-10-20-8-4-3-5-9-20)27(21-12-13-22(30)23(31)18-21)33-28(32-24)25-11-7-17-38-25/h3-5,7-9,11-13,17-18,27H,6,10,14-16,19H2,1-2H3,(H,32,33). The van der Waals surface area contributed by atoms with Gasteiger partial charge in [0.2, 0.25) is 0 Å². The summed E-state index contributed by atoms with van der Waals surface area (Å²) in [7, 11) is 3.98. The van der Waals surface area contributed by atoms with E-state index in [0.717, 1.165) is 23.4 Å². The van der Waals surface area contributed by atoms with Crippen LogP contribution in [0, 0.1) is 0 Å². The Hall–Kier alpha value is -2.68. The normalized spacial score (nSPS) is 15.4. The summed E-state index contributed by atoms with van der Waals surface area (Å²) < 4.78 is 11.8. The minimum Gasteiger partial charge on any atom is -0.462 e. The van der Waals surface area contributed by atoms with E-state index in [1.54, 1.807) is 23.5 Å². The predicted octanol–water partition coefficient (Wildman–Crippen LogP) is 6.15. The lowest BCUT2D eigenvalue weighted by molar-refractivity contribution is -0.139. The van der Waals surface area contributed by atoms with Gasteiger partial charge in [-0.25, -0.2) is 4.79 Å². The molecule has 1 N–H and O–H groups in total. The number of ether oxygens (including phenoxy) is 2. The quantitative estimate of drug-likeness (QED) is 0.208. The van der Waals surface area contributed by atoms with Crippen LogP contribution >= 0.6 is 34.5 Å². The van der Waals surface area contributed by atoms with Gasteiger partial charge < -0.3 is 19.7 Å². The number of aliphatic imine (C=N–C) groups is 1. The van der Waals surface area contributed by atoms with Crippen LogP contribution in [-0.2, 0) is 20.7 Å². The van der Waals surface area contributed by atoms with Gasteiger partial charge in [0.1, 0.15) is 11.9 Å². The van der Waals surface area contributed by atoms with Gasteiger partial charge in [0.15, 0.2) is 0 Å². The van der Waals surface area contributed by atoms with E-state index in [1.807, 2.05) is 60.8 Å². The van der Waals surface area contributed by atoms with Crippen molar-refractivity contribution >= 4 is 46.3 Å². The number of aryl methyl sites for hydroxylation is 1. The Morgan fingerprint density at radius 1 is 1.05 bits per heavy atom. The van der Waals surface area contributed by atoms with Crippen LogP contribution < -0.4 is 5.32 Å². The maximum atomic E-state index is 13.6. The lowest BCUT2D eigenvalue weighted by Crippen LogP contribution is -2.35. The van der Waals surface area contributed by atoms with Crippen molar-refractivity contribution in [3.63, 3.8) is 0 Å². The second-order valence-electron chi connectivity index (χ2n) is 9.13. The summed E-state index contributed by atoms with van der Waals surface area (Å²) in [4.78, 5) is 21.5. The smallest absolute Gasteiger partial charge is 0.338 e. The lowest BCUT2D eigenvalue weighted by atomic mass is 9.95. The van der Waals surface area contributed by atoms with Crippen molar-refractivity contribution in [2.75, 3.05) is 40.5 Å². The van der Waals surface area contributed by atoms with Gasteiger partial charge in [-0.2, -0.15) is 0 Å². The molecule has 2 aromatic carbocycles. The number of amidine groups is 1. The van der Waals surface area contributed by atoms with Crippen LogP contribution in [0.4, 0.5) is 0 Å². The Morgan fingerprint density at radius 2 is 1.87 bits per heavy atom. The van der Waals surface area contributed by atoms with Crippen molar-refractivity contribution in [2.45, 2.75) is 18.9 Å². The number of benzene rings is 2. The van der Waals surface area contributed by atoms with E-state index in [-0.39, 0.29) is 6.61 Å². The van der Waals surface area contributed by atoms with E-state index in [1.165, 1.54) is 5.56 Å². The molecule has 0 spiro atoms. The number of hydrogen-bond acceptors (Lipinski definition) is 7. The molecule has 1 aromatic heterocycles. The van der Waals surface area contributed by atoms with Crippen LogP contribution in [0.1, 0.15) is 28.5 Å². The number of rotatable bonds is 12. The lowest BCUT2D eigenvalue weighted by Gasteiger charge is -2.27. The third-order valence-corrected chi connectivity index (χ3v) is 7.59. The van der Waals surface area contributed by atoms with Gasteiger partial charge in [-0.15, -0.1) is 11.3 Å². The topological polar surface area (TPSA) is 63.2 Å². The molecular formula is C29H31Cl2N3O3S. The Kier molecular flexibility index (Phi) is 10.4. The van der Waals surface area contributed by atoms with Gasteiger partial charge in [0, 0.05) is 6.54 Å². The second kappa shape index (κ2) is 13.9. The van der Waals surface area contributed by atoms with Gasteiger partial charge in [-0.3, -0.25) is 4.99 Å². The highest BCUT2D eigenvalue weighted by molar-refractivity contribution is 7.12. The zero-order valence-corrected chi connectivity index (χ0v) is 23.8. The van der Waals surface area contributed by atoms with Crippen LogP contribution in [0.15, 0.2) is 82.3 Å². The molecular weight excluding hydrogens is 541 g/mol. The fourth-order valence-electron chi connectivity index (χ4n) is 4.00. The molecule has 6 nitrogen and oxygen atoms in total. The molecule has 2 heterocycles. The molecule has 0 amide bonds. The van der Waals surface area contributed by atoms with Gasteiger partial charge >= 0.3 is 5.97 Å².